The quantitative estimate of drug-likeness (QED) is 0.825. The molecule has 0 bridgehead atoms. The highest BCUT2D eigenvalue weighted by Crippen LogP contribution is 2.33. The molecular weight excluding hydrogens is 294 g/mol. The molecule has 1 aliphatic rings. The molecule has 0 aliphatic carbocycles. The van der Waals surface area contributed by atoms with Crippen LogP contribution in [-0.4, -0.2) is 37.7 Å². The van der Waals surface area contributed by atoms with E-state index in [9.17, 15) is 0 Å². The summed E-state index contributed by atoms with van der Waals surface area (Å²) in [5.41, 5.74) is 13.8. The third-order valence-electron chi connectivity index (χ3n) is 3.11. The van der Waals surface area contributed by atoms with Crippen LogP contribution < -0.4 is 16.2 Å². The molecule has 0 saturated heterocycles. The molecule has 1 aromatic rings. The van der Waals surface area contributed by atoms with E-state index in [-0.39, 0.29) is 0 Å². The molecule has 1 aliphatic heterocycles. The fraction of sp³-hybridized carbons (Fsp3) is 0.538. The zero-order valence-electron chi connectivity index (χ0n) is 10.5. The first-order valence-electron chi connectivity index (χ1n) is 6.31. The van der Waals surface area contributed by atoms with E-state index in [2.05, 4.69) is 33.0 Å². The standard InChI is InChI=1S/C13H20BrN3O/c14-12-7-10-1-6-18-13(10)11(8-12)9-17(4-2-15)5-3-16/h7-8H,1-6,9,15-16H2. The number of nitrogens with two attached hydrogens (primary N) is 2. The number of ether oxygens (including phenoxy) is 1. The Morgan fingerprint density at radius 2 is 1.94 bits per heavy atom. The highest BCUT2D eigenvalue weighted by Gasteiger charge is 2.18. The molecule has 1 aromatic carbocycles. The molecule has 2 rings (SSSR count). The summed E-state index contributed by atoms with van der Waals surface area (Å²) in [7, 11) is 0. The molecule has 100 valence electrons. The monoisotopic (exact) mass is 313 g/mol. The predicted molar refractivity (Wildman–Crippen MR) is 76.7 cm³/mol. The predicted octanol–water partition coefficient (Wildman–Crippen LogP) is 1.10. The third-order valence-corrected chi connectivity index (χ3v) is 3.57. The zero-order chi connectivity index (χ0) is 13.0. The minimum atomic E-state index is 0.650. The minimum absolute atomic E-state index is 0.650. The van der Waals surface area contributed by atoms with Crippen LogP contribution in [0.4, 0.5) is 0 Å². The molecule has 0 atom stereocenters. The maximum Gasteiger partial charge on any atom is 0.127 e. The van der Waals surface area contributed by atoms with Crippen LogP contribution in [0.2, 0.25) is 0 Å². The number of halogens is 1. The maximum atomic E-state index is 5.73. The van der Waals surface area contributed by atoms with Gasteiger partial charge in [0.05, 0.1) is 6.61 Å². The molecular formula is C13H20BrN3O. The Balaban J connectivity index is 2.17. The number of hydrogen-bond donors (Lipinski definition) is 2. The van der Waals surface area contributed by atoms with Crippen LogP contribution in [0.1, 0.15) is 11.1 Å². The van der Waals surface area contributed by atoms with Gasteiger partial charge in [-0.05, 0) is 17.7 Å². The molecule has 0 fully saturated rings. The van der Waals surface area contributed by atoms with Crippen molar-refractivity contribution in [2.24, 2.45) is 11.5 Å². The van der Waals surface area contributed by atoms with Gasteiger partial charge in [-0.25, -0.2) is 0 Å². The van der Waals surface area contributed by atoms with Gasteiger partial charge in [-0.15, -0.1) is 0 Å². The first kappa shape index (κ1) is 13.8. The number of benzene rings is 1. The molecule has 1 heterocycles. The first-order chi connectivity index (χ1) is 8.74. The zero-order valence-corrected chi connectivity index (χ0v) is 12.1. The first-order valence-corrected chi connectivity index (χ1v) is 7.10. The average Bonchev–Trinajstić information content (AvgIpc) is 2.77. The number of hydrogen-bond acceptors (Lipinski definition) is 4. The van der Waals surface area contributed by atoms with Gasteiger partial charge in [0.25, 0.3) is 0 Å². The Bertz CT molecular complexity index is 405. The van der Waals surface area contributed by atoms with Crippen molar-refractivity contribution in [2.75, 3.05) is 32.8 Å². The SMILES string of the molecule is NCCN(CCN)Cc1cc(Br)cc2c1OCC2. The molecule has 18 heavy (non-hydrogen) atoms. The normalized spacial score (nSPS) is 13.8. The smallest absolute Gasteiger partial charge is 0.127 e. The van der Waals surface area contributed by atoms with E-state index < -0.39 is 0 Å². The van der Waals surface area contributed by atoms with Gasteiger partial charge in [0.2, 0.25) is 0 Å². The topological polar surface area (TPSA) is 64.5 Å². The molecule has 0 saturated carbocycles. The van der Waals surface area contributed by atoms with Crippen LogP contribution in [0.5, 0.6) is 5.75 Å². The summed E-state index contributed by atoms with van der Waals surface area (Å²) in [6.07, 6.45) is 0.996. The van der Waals surface area contributed by atoms with Crippen LogP contribution in [-0.2, 0) is 13.0 Å². The van der Waals surface area contributed by atoms with Crippen molar-refractivity contribution in [1.82, 2.24) is 4.90 Å². The van der Waals surface area contributed by atoms with Crippen molar-refractivity contribution in [2.45, 2.75) is 13.0 Å². The summed E-state index contributed by atoms with van der Waals surface area (Å²) in [6.45, 7) is 4.65. The van der Waals surface area contributed by atoms with E-state index in [1.807, 2.05) is 0 Å². The van der Waals surface area contributed by atoms with E-state index in [0.717, 1.165) is 42.9 Å². The Kier molecular flexibility index (Phi) is 5.00. The summed E-state index contributed by atoms with van der Waals surface area (Å²) in [5, 5.41) is 0. The Hall–Kier alpha value is -0.620. The number of nitrogens with zero attached hydrogens (tertiary/aromatic N) is 1. The van der Waals surface area contributed by atoms with Gasteiger partial charge in [0.1, 0.15) is 5.75 Å². The Morgan fingerprint density at radius 3 is 2.61 bits per heavy atom. The van der Waals surface area contributed by atoms with E-state index in [0.29, 0.717) is 13.1 Å². The lowest BCUT2D eigenvalue weighted by atomic mass is 10.1. The van der Waals surface area contributed by atoms with Crippen molar-refractivity contribution >= 4 is 15.9 Å². The molecule has 4 N–H and O–H groups in total. The second-order valence-corrected chi connectivity index (χ2v) is 5.42. The van der Waals surface area contributed by atoms with Gasteiger partial charge in [0, 0.05) is 49.2 Å². The van der Waals surface area contributed by atoms with Crippen molar-refractivity contribution in [3.63, 3.8) is 0 Å². The van der Waals surface area contributed by atoms with Crippen LogP contribution in [0.3, 0.4) is 0 Å². The van der Waals surface area contributed by atoms with Gasteiger partial charge in [-0.3, -0.25) is 4.90 Å². The molecule has 0 aromatic heterocycles. The van der Waals surface area contributed by atoms with Crippen LogP contribution >= 0.6 is 15.9 Å². The van der Waals surface area contributed by atoms with E-state index in [1.54, 1.807) is 0 Å². The fourth-order valence-electron chi connectivity index (χ4n) is 2.34. The average molecular weight is 314 g/mol. The highest BCUT2D eigenvalue weighted by atomic mass is 79.9. The van der Waals surface area contributed by atoms with Crippen molar-refractivity contribution < 1.29 is 4.74 Å². The molecule has 0 radical (unpaired) electrons. The molecule has 0 unspecified atom stereocenters. The van der Waals surface area contributed by atoms with Crippen molar-refractivity contribution in [1.29, 1.82) is 0 Å². The van der Waals surface area contributed by atoms with Crippen LogP contribution in [0.25, 0.3) is 0 Å². The summed E-state index contributed by atoms with van der Waals surface area (Å²) >= 11 is 3.56. The van der Waals surface area contributed by atoms with Crippen molar-refractivity contribution in [3.05, 3.63) is 27.7 Å². The second-order valence-electron chi connectivity index (χ2n) is 4.51. The summed E-state index contributed by atoms with van der Waals surface area (Å²) in [5.74, 6) is 1.05. The van der Waals surface area contributed by atoms with Gasteiger partial charge >= 0.3 is 0 Å². The van der Waals surface area contributed by atoms with Crippen molar-refractivity contribution in [3.8, 4) is 5.75 Å². The number of rotatable bonds is 6. The fourth-order valence-corrected chi connectivity index (χ4v) is 2.89. The van der Waals surface area contributed by atoms with Gasteiger partial charge in [-0.2, -0.15) is 0 Å². The second kappa shape index (κ2) is 6.52. The lowest BCUT2D eigenvalue weighted by Gasteiger charge is -2.22. The summed E-state index contributed by atoms with van der Waals surface area (Å²) in [6, 6.07) is 4.27. The summed E-state index contributed by atoms with van der Waals surface area (Å²) in [4.78, 5) is 2.27. The van der Waals surface area contributed by atoms with Gasteiger partial charge < -0.3 is 16.2 Å². The lowest BCUT2D eigenvalue weighted by Crippen LogP contribution is -2.33. The van der Waals surface area contributed by atoms with E-state index in [4.69, 9.17) is 16.2 Å². The molecule has 0 amide bonds. The minimum Gasteiger partial charge on any atom is -0.493 e. The lowest BCUT2D eigenvalue weighted by molar-refractivity contribution is 0.273. The highest BCUT2D eigenvalue weighted by molar-refractivity contribution is 9.10. The Morgan fingerprint density at radius 1 is 1.22 bits per heavy atom. The van der Waals surface area contributed by atoms with Gasteiger partial charge in [0.15, 0.2) is 0 Å². The summed E-state index contributed by atoms with van der Waals surface area (Å²) < 4.78 is 6.84. The molecule has 4 nitrogen and oxygen atoms in total. The third kappa shape index (κ3) is 3.23. The number of fused-ring (bicyclic) bond motifs is 1. The van der Waals surface area contributed by atoms with E-state index >= 15 is 0 Å². The van der Waals surface area contributed by atoms with Gasteiger partial charge in [-0.1, -0.05) is 15.9 Å². The van der Waals surface area contributed by atoms with Crippen LogP contribution in [0, 0.1) is 0 Å². The van der Waals surface area contributed by atoms with Crippen LogP contribution in [0.15, 0.2) is 16.6 Å². The maximum absolute atomic E-state index is 5.73. The molecule has 5 heteroatoms. The Labute approximate surface area is 116 Å². The largest absolute Gasteiger partial charge is 0.493 e. The molecule has 0 spiro atoms. The van der Waals surface area contributed by atoms with E-state index in [1.165, 1.54) is 11.1 Å².